The van der Waals surface area contributed by atoms with Gasteiger partial charge in [0.1, 0.15) is 6.10 Å². The molecule has 0 spiro atoms. The number of halogens is 3. The Balaban J connectivity index is 1.50. The van der Waals surface area contributed by atoms with Gasteiger partial charge in [0, 0.05) is 38.4 Å². The van der Waals surface area contributed by atoms with Crippen molar-refractivity contribution in [3.8, 4) is 0 Å². The Bertz CT molecular complexity index is 576. The quantitative estimate of drug-likeness (QED) is 0.745. The Labute approximate surface area is 150 Å². The molecule has 1 unspecified atom stereocenters. The number of anilines is 1. The minimum absolute atomic E-state index is 0.345. The highest BCUT2D eigenvalue weighted by molar-refractivity contribution is 5.48. The van der Waals surface area contributed by atoms with Gasteiger partial charge >= 0.3 is 6.18 Å². The predicted octanol–water partition coefficient (Wildman–Crippen LogP) is 1.32. The van der Waals surface area contributed by atoms with E-state index in [1.54, 1.807) is 0 Å². The van der Waals surface area contributed by atoms with Gasteiger partial charge in [-0.05, 0) is 43.0 Å². The van der Waals surface area contributed by atoms with Crippen LogP contribution in [0.25, 0.3) is 0 Å². The molecule has 5 nitrogen and oxygen atoms in total. The summed E-state index contributed by atoms with van der Waals surface area (Å²) in [7, 11) is 0. The Morgan fingerprint density at radius 2 is 1.46 bits per heavy atom. The van der Waals surface area contributed by atoms with Crippen LogP contribution in [0.3, 0.4) is 0 Å². The molecule has 0 bridgehead atoms. The van der Waals surface area contributed by atoms with E-state index in [9.17, 15) is 28.5 Å². The van der Waals surface area contributed by atoms with Crippen molar-refractivity contribution in [3.05, 3.63) is 29.8 Å². The number of aliphatic hydroxyl groups is 3. The minimum atomic E-state index is -4.32. The lowest BCUT2D eigenvalue weighted by Crippen LogP contribution is -2.56. The molecule has 26 heavy (non-hydrogen) atoms. The number of hydrogen-bond donors (Lipinski definition) is 3. The van der Waals surface area contributed by atoms with Crippen molar-refractivity contribution in [3.63, 3.8) is 0 Å². The summed E-state index contributed by atoms with van der Waals surface area (Å²) in [6.07, 6.45) is -5.49. The molecule has 0 radical (unpaired) electrons. The molecule has 0 aliphatic carbocycles. The minimum Gasteiger partial charge on any atom is -0.389 e. The first-order valence-corrected chi connectivity index (χ1v) is 8.93. The molecule has 0 aromatic heterocycles. The van der Waals surface area contributed by atoms with Gasteiger partial charge in [-0.25, -0.2) is 0 Å². The SMILES string of the molecule is OC1[C@H](O)CN(CC2CCN(c3ccc(C(F)(F)F)cc3)CC2)C[C@@H]1O. The van der Waals surface area contributed by atoms with E-state index in [1.165, 1.54) is 12.1 Å². The van der Waals surface area contributed by atoms with Gasteiger partial charge in [0.25, 0.3) is 0 Å². The predicted molar refractivity (Wildman–Crippen MR) is 90.8 cm³/mol. The summed E-state index contributed by atoms with van der Waals surface area (Å²) in [5.74, 6) is 0.398. The largest absolute Gasteiger partial charge is 0.416 e. The lowest BCUT2D eigenvalue weighted by molar-refractivity contribution is -0.137. The van der Waals surface area contributed by atoms with Crippen LogP contribution in [0.5, 0.6) is 0 Å². The van der Waals surface area contributed by atoms with Crippen LogP contribution in [0.2, 0.25) is 0 Å². The third-order valence-corrected chi connectivity index (χ3v) is 5.37. The standard InChI is InChI=1S/C18H25F3N2O3/c19-18(20,21)13-1-3-14(4-2-13)23-7-5-12(6-8-23)9-22-10-15(24)17(26)16(25)11-22/h1-4,12,15-17,24-26H,5-11H2/t15-,16+,17?. The monoisotopic (exact) mass is 374 g/mol. The maximum atomic E-state index is 12.6. The highest BCUT2D eigenvalue weighted by atomic mass is 19.4. The summed E-state index contributed by atoms with van der Waals surface area (Å²) in [6, 6.07) is 5.26. The number of nitrogens with zero attached hydrogens (tertiary/aromatic N) is 2. The zero-order chi connectivity index (χ0) is 18.9. The van der Waals surface area contributed by atoms with Crippen LogP contribution in [-0.2, 0) is 6.18 Å². The number of benzene rings is 1. The second kappa shape index (κ2) is 7.72. The lowest BCUT2D eigenvalue weighted by atomic mass is 9.93. The van der Waals surface area contributed by atoms with Gasteiger partial charge in [0.2, 0.25) is 0 Å². The molecule has 1 aromatic rings. The lowest BCUT2D eigenvalue weighted by Gasteiger charge is -2.40. The van der Waals surface area contributed by atoms with Crippen LogP contribution >= 0.6 is 0 Å². The number of alkyl halides is 3. The Kier molecular flexibility index (Phi) is 5.76. The van der Waals surface area contributed by atoms with Gasteiger partial charge < -0.3 is 20.2 Å². The number of aliphatic hydroxyl groups excluding tert-OH is 3. The van der Waals surface area contributed by atoms with E-state index in [0.29, 0.717) is 19.0 Å². The molecule has 8 heteroatoms. The van der Waals surface area contributed by atoms with Crippen molar-refractivity contribution in [2.24, 2.45) is 5.92 Å². The van der Waals surface area contributed by atoms with Crippen molar-refractivity contribution in [1.82, 2.24) is 4.90 Å². The molecular formula is C18H25F3N2O3. The Morgan fingerprint density at radius 1 is 0.923 bits per heavy atom. The van der Waals surface area contributed by atoms with Crippen LogP contribution in [0, 0.1) is 5.92 Å². The molecule has 146 valence electrons. The highest BCUT2D eigenvalue weighted by Crippen LogP contribution is 2.31. The van der Waals surface area contributed by atoms with E-state index >= 15 is 0 Å². The normalized spacial score (nSPS) is 29.2. The summed E-state index contributed by atoms with van der Waals surface area (Å²) >= 11 is 0. The number of rotatable bonds is 3. The van der Waals surface area contributed by atoms with Crippen molar-refractivity contribution in [2.75, 3.05) is 37.6 Å². The van der Waals surface area contributed by atoms with E-state index in [0.717, 1.165) is 50.3 Å². The number of piperidine rings is 2. The van der Waals surface area contributed by atoms with Crippen LogP contribution < -0.4 is 4.90 Å². The molecule has 0 amide bonds. The Morgan fingerprint density at radius 3 is 1.96 bits per heavy atom. The molecule has 1 aromatic carbocycles. The van der Waals surface area contributed by atoms with Crippen LogP contribution in [0.4, 0.5) is 18.9 Å². The number of hydrogen-bond acceptors (Lipinski definition) is 5. The molecule has 0 saturated carbocycles. The Hall–Kier alpha value is -1.35. The summed E-state index contributed by atoms with van der Waals surface area (Å²) < 4.78 is 37.9. The first-order valence-electron chi connectivity index (χ1n) is 8.93. The van der Waals surface area contributed by atoms with Crippen LogP contribution in [-0.4, -0.2) is 71.3 Å². The zero-order valence-corrected chi connectivity index (χ0v) is 14.4. The maximum absolute atomic E-state index is 12.6. The molecule has 3 atom stereocenters. The van der Waals surface area contributed by atoms with Crippen LogP contribution in [0.15, 0.2) is 24.3 Å². The smallest absolute Gasteiger partial charge is 0.389 e. The van der Waals surface area contributed by atoms with E-state index in [2.05, 4.69) is 4.90 Å². The van der Waals surface area contributed by atoms with Crippen LogP contribution in [0.1, 0.15) is 18.4 Å². The molecular weight excluding hydrogens is 349 g/mol. The van der Waals surface area contributed by atoms with Gasteiger partial charge in [-0.2, -0.15) is 13.2 Å². The molecule has 2 saturated heterocycles. The third-order valence-electron chi connectivity index (χ3n) is 5.37. The first kappa shape index (κ1) is 19.4. The summed E-state index contributed by atoms with van der Waals surface area (Å²) in [4.78, 5) is 4.06. The molecule has 3 N–H and O–H groups in total. The second-order valence-electron chi connectivity index (χ2n) is 7.32. The molecule has 3 rings (SSSR count). The zero-order valence-electron chi connectivity index (χ0n) is 14.4. The number of β-amino-alcohol motifs (C(OH)–C–C–N with tert-alkyl or cyclic N) is 2. The van der Waals surface area contributed by atoms with Gasteiger partial charge in [-0.15, -0.1) is 0 Å². The van der Waals surface area contributed by atoms with E-state index in [-0.39, 0.29) is 0 Å². The average molecular weight is 374 g/mol. The van der Waals surface area contributed by atoms with E-state index < -0.39 is 30.1 Å². The number of likely N-dealkylation sites (tertiary alicyclic amines) is 1. The fraction of sp³-hybridized carbons (Fsp3) is 0.667. The molecule has 2 aliphatic heterocycles. The van der Waals surface area contributed by atoms with E-state index in [1.807, 2.05) is 4.90 Å². The van der Waals surface area contributed by atoms with Gasteiger partial charge in [0.15, 0.2) is 0 Å². The van der Waals surface area contributed by atoms with E-state index in [4.69, 9.17) is 0 Å². The highest BCUT2D eigenvalue weighted by Gasteiger charge is 2.34. The maximum Gasteiger partial charge on any atom is 0.416 e. The third kappa shape index (κ3) is 4.49. The fourth-order valence-electron chi connectivity index (χ4n) is 3.83. The molecule has 2 heterocycles. The fourth-order valence-corrected chi connectivity index (χ4v) is 3.83. The van der Waals surface area contributed by atoms with Crippen molar-refractivity contribution in [2.45, 2.75) is 37.3 Å². The van der Waals surface area contributed by atoms with Gasteiger partial charge in [-0.3, -0.25) is 4.90 Å². The van der Waals surface area contributed by atoms with Crippen molar-refractivity contribution >= 4 is 5.69 Å². The second-order valence-corrected chi connectivity index (χ2v) is 7.32. The van der Waals surface area contributed by atoms with Gasteiger partial charge in [0.05, 0.1) is 17.8 Å². The molecule has 2 aliphatic rings. The summed E-state index contributed by atoms with van der Waals surface area (Å²) in [6.45, 7) is 2.95. The van der Waals surface area contributed by atoms with Crippen molar-refractivity contribution < 1.29 is 28.5 Å². The van der Waals surface area contributed by atoms with Crippen molar-refractivity contribution in [1.29, 1.82) is 0 Å². The average Bonchev–Trinajstić information content (AvgIpc) is 2.60. The van der Waals surface area contributed by atoms with Gasteiger partial charge in [-0.1, -0.05) is 0 Å². The molecule has 2 fully saturated rings. The summed E-state index contributed by atoms with van der Waals surface area (Å²) in [5.41, 5.74) is 0.156. The summed E-state index contributed by atoms with van der Waals surface area (Å²) in [5, 5.41) is 29.2. The first-order chi connectivity index (χ1) is 12.2. The topological polar surface area (TPSA) is 67.2 Å².